The van der Waals surface area contributed by atoms with Crippen LogP contribution in [0, 0.1) is 0 Å². The van der Waals surface area contributed by atoms with Gasteiger partial charge in [0.1, 0.15) is 5.76 Å². The topological polar surface area (TPSA) is 156 Å². The SMILES string of the molecule is CCOC(=O)Nc1cccc(-c2csc(NC(=O)CCc3cc(C(=O)NO)no3)n2)c1. The fourth-order valence-electron chi connectivity index (χ4n) is 2.52. The van der Waals surface area contributed by atoms with Crippen LogP contribution in [0.4, 0.5) is 15.6 Å². The van der Waals surface area contributed by atoms with E-state index >= 15 is 0 Å². The number of carbonyl (C=O) groups excluding carboxylic acids is 3. The molecule has 3 aromatic rings. The Hall–Kier alpha value is -3.77. The fourth-order valence-corrected chi connectivity index (χ4v) is 3.25. The first-order valence-electron chi connectivity index (χ1n) is 9.18. The van der Waals surface area contributed by atoms with Gasteiger partial charge in [0.25, 0.3) is 5.91 Å². The summed E-state index contributed by atoms with van der Waals surface area (Å²) in [4.78, 5) is 39.4. The number of anilines is 2. The number of hydroxylamine groups is 1. The number of nitrogens with one attached hydrogen (secondary N) is 3. The summed E-state index contributed by atoms with van der Waals surface area (Å²) in [5, 5.41) is 19.6. The van der Waals surface area contributed by atoms with Crippen LogP contribution in [-0.2, 0) is 16.0 Å². The number of amides is 3. The maximum absolute atomic E-state index is 12.2. The lowest BCUT2D eigenvalue weighted by atomic mass is 10.1. The van der Waals surface area contributed by atoms with Crippen molar-refractivity contribution >= 4 is 40.1 Å². The van der Waals surface area contributed by atoms with Crippen LogP contribution in [-0.4, -0.2) is 39.9 Å². The second-order valence-electron chi connectivity index (χ2n) is 6.13. The molecule has 3 rings (SSSR count). The van der Waals surface area contributed by atoms with E-state index in [1.54, 1.807) is 30.5 Å². The lowest BCUT2D eigenvalue weighted by Crippen LogP contribution is -2.18. The number of hydrogen-bond donors (Lipinski definition) is 4. The number of ether oxygens (including phenoxy) is 1. The van der Waals surface area contributed by atoms with Crippen molar-refractivity contribution in [2.24, 2.45) is 0 Å². The van der Waals surface area contributed by atoms with Crippen LogP contribution in [0.5, 0.6) is 0 Å². The lowest BCUT2D eigenvalue weighted by molar-refractivity contribution is -0.116. The molecule has 1 aromatic carbocycles. The highest BCUT2D eigenvalue weighted by Gasteiger charge is 2.14. The van der Waals surface area contributed by atoms with E-state index in [1.165, 1.54) is 22.9 Å². The molecule has 0 atom stereocenters. The molecule has 0 aliphatic carbocycles. The molecule has 0 fully saturated rings. The number of hydrogen-bond acceptors (Lipinski definition) is 9. The van der Waals surface area contributed by atoms with Crippen molar-refractivity contribution in [2.75, 3.05) is 17.2 Å². The van der Waals surface area contributed by atoms with Gasteiger partial charge in [0.05, 0.1) is 12.3 Å². The van der Waals surface area contributed by atoms with Crippen LogP contribution in [0.15, 0.2) is 40.2 Å². The third kappa shape index (κ3) is 6.10. The summed E-state index contributed by atoms with van der Waals surface area (Å²) in [5.41, 5.74) is 3.34. The van der Waals surface area contributed by atoms with Crippen molar-refractivity contribution in [3.63, 3.8) is 0 Å². The van der Waals surface area contributed by atoms with Gasteiger partial charge in [-0.2, -0.15) is 0 Å². The second kappa shape index (κ2) is 10.3. The molecular formula is C19H19N5O6S. The van der Waals surface area contributed by atoms with E-state index in [1.807, 2.05) is 6.07 Å². The molecule has 0 bridgehead atoms. The van der Waals surface area contributed by atoms with E-state index in [2.05, 4.69) is 20.8 Å². The lowest BCUT2D eigenvalue weighted by Gasteiger charge is -2.06. The summed E-state index contributed by atoms with van der Waals surface area (Å²) in [6.45, 7) is 2.00. The quantitative estimate of drug-likeness (QED) is 0.304. The third-order valence-electron chi connectivity index (χ3n) is 3.92. The Kier molecular flexibility index (Phi) is 7.30. The van der Waals surface area contributed by atoms with Crippen molar-refractivity contribution in [2.45, 2.75) is 19.8 Å². The molecule has 162 valence electrons. The van der Waals surface area contributed by atoms with Crippen LogP contribution < -0.4 is 16.1 Å². The van der Waals surface area contributed by atoms with E-state index < -0.39 is 12.0 Å². The average molecular weight is 445 g/mol. The Labute approximate surface area is 180 Å². The Bertz CT molecular complexity index is 1080. The van der Waals surface area contributed by atoms with Crippen molar-refractivity contribution in [1.82, 2.24) is 15.6 Å². The van der Waals surface area contributed by atoms with Crippen molar-refractivity contribution in [3.05, 3.63) is 47.2 Å². The van der Waals surface area contributed by atoms with Crippen molar-refractivity contribution < 1.29 is 28.9 Å². The molecule has 0 saturated heterocycles. The van der Waals surface area contributed by atoms with Crippen LogP contribution >= 0.6 is 11.3 Å². The molecule has 12 heteroatoms. The van der Waals surface area contributed by atoms with E-state index in [0.29, 0.717) is 22.3 Å². The third-order valence-corrected chi connectivity index (χ3v) is 4.68. The minimum Gasteiger partial charge on any atom is -0.450 e. The highest BCUT2D eigenvalue weighted by molar-refractivity contribution is 7.14. The molecule has 2 aromatic heterocycles. The van der Waals surface area contributed by atoms with Crippen LogP contribution in [0.3, 0.4) is 0 Å². The number of benzene rings is 1. The minimum atomic E-state index is -0.795. The van der Waals surface area contributed by atoms with Gasteiger partial charge in [-0.25, -0.2) is 15.3 Å². The first-order valence-corrected chi connectivity index (χ1v) is 10.1. The number of thiazole rings is 1. The summed E-state index contributed by atoms with van der Waals surface area (Å²) in [7, 11) is 0. The highest BCUT2D eigenvalue weighted by Crippen LogP contribution is 2.27. The van der Waals surface area contributed by atoms with Crippen LogP contribution in [0.1, 0.15) is 29.6 Å². The monoisotopic (exact) mass is 445 g/mol. The average Bonchev–Trinajstić information content (AvgIpc) is 3.42. The molecule has 0 spiro atoms. The van der Waals surface area contributed by atoms with Gasteiger partial charge in [0.2, 0.25) is 5.91 Å². The van der Waals surface area contributed by atoms with Crippen molar-refractivity contribution in [3.8, 4) is 11.3 Å². The Balaban J connectivity index is 1.56. The second-order valence-corrected chi connectivity index (χ2v) is 6.99. The molecule has 2 heterocycles. The van der Waals surface area contributed by atoms with Gasteiger partial charge in [-0.15, -0.1) is 11.3 Å². The van der Waals surface area contributed by atoms with E-state index in [0.717, 1.165) is 5.56 Å². The van der Waals surface area contributed by atoms with Gasteiger partial charge < -0.3 is 14.6 Å². The molecule has 0 aliphatic heterocycles. The maximum Gasteiger partial charge on any atom is 0.411 e. The zero-order valence-corrected chi connectivity index (χ0v) is 17.2. The Morgan fingerprint density at radius 3 is 2.84 bits per heavy atom. The number of aryl methyl sites for hydroxylation is 1. The zero-order valence-electron chi connectivity index (χ0n) is 16.4. The first kappa shape index (κ1) is 21.9. The molecule has 0 unspecified atom stereocenters. The maximum atomic E-state index is 12.2. The zero-order chi connectivity index (χ0) is 22.2. The molecule has 0 radical (unpaired) electrons. The number of carbonyl (C=O) groups is 3. The summed E-state index contributed by atoms with van der Waals surface area (Å²) in [6, 6.07) is 8.44. The smallest absolute Gasteiger partial charge is 0.411 e. The van der Waals surface area contributed by atoms with Gasteiger partial charge in [-0.3, -0.25) is 20.1 Å². The molecule has 4 N–H and O–H groups in total. The predicted molar refractivity (Wildman–Crippen MR) is 111 cm³/mol. The summed E-state index contributed by atoms with van der Waals surface area (Å²) in [6.07, 6.45) is -0.234. The summed E-state index contributed by atoms with van der Waals surface area (Å²) in [5.74, 6) is -0.751. The van der Waals surface area contributed by atoms with Gasteiger partial charge in [-0.05, 0) is 19.1 Å². The fraction of sp³-hybridized carbons (Fsp3) is 0.211. The predicted octanol–water partition coefficient (Wildman–Crippen LogP) is 3.06. The highest BCUT2D eigenvalue weighted by atomic mass is 32.1. The molecule has 31 heavy (non-hydrogen) atoms. The Morgan fingerprint density at radius 1 is 1.23 bits per heavy atom. The van der Waals surface area contributed by atoms with E-state index in [-0.39, 0.29) is 31.0 Å². The standard InChI is InChI=1S/C19H19N5O6S/c1-2-29-19(27)20-12-5-3-4-11(8-12)15-10-31-18(21-15)22-16(25)7-6-13-9-14(24-30-13)17(26)23-28/h3-5,8-10,28H,2,6-7H2,1H3,(H,20,27)(H,23,26)(H,21,22,25). The minimum absolute atomic E-state index is 0.0813. The van der Waals surface area contributed by atoms with Crippen LogP contribution in [0.2, 0.25) is 0 Å². The molecule has 0 saturated carbocycles. The molecule has 0 aliphatic rings. The molecular weight excluding hydrogens is 426 g/mol. The largest absolute Gasteiger partial charge is 0.450 e. The Morgan fingerprint density at radius 2 is 2.06 bits per heavy atom. The first-order chi connectivity index (χ1) is 15.0. The normalized spacial score (nSPS) is 10.4. The molecule has 11 nitrogen and oxygen atoms in total. The van der Waals surface area contributed by atoms with Gasteiger partial charge >= 0.3 is 6.09 Å². The summed E-state index contributed by atoms with van der Waals surface area (Å²) < 4.78 is 9.81. The van der Waals surface area contributed by atoms with E-state index in [9.17, 15) is 14.4 Å². The summed E-state index contributed by atoms with van der Waals surface area (Å²) >= 11 is 1.26. The van der Waals surface area contributed by atoms with Crippen LogP contribution in [0.25, 0.3) is 11.3 Å². The number of nitrogens with zero attached hydrogens (tertiary/aromatic N) is 2. The van der Waals surface area contributed by atoms with E-state index in [4.69, 9.17) is 14.5 Å². The van der Waals surface area contributed by atoms with Gasteiger partial charge in [0, 0.05) is 35.5 Å². The van der Waals surface area contributed by atoms with Gasteiger partial charge in [0.15, 0.2) is 10.8 Å². The molecule has 3 amide bonds. The number of aromatic nitrogens is 2. The van der Waals surface area contributed by atoms with Crippen molar-refractivity contribution in [1.29, 1.82) is 0 Å². The van der Waals surface area contributed by atoms with Gasteiger partial charge in [-0.1, -0.05) is 17.3 Å². The number of rotatable bonds is 8.